The summed E-state index contributed by atoms with van der Waals surface area (Å²) in [5.74, 6) is 1.44. The smallest absolute Gasteiger partial charge is 0.197 e. The maximum absolute atomic E-state index is 12.8. The van der Waals surface area contributed by atoms with Gasteiger partial charge in [-0.1, -0.05) is 60.7 Å². The fraction of sp³-hybridized carbons (Fsp3) is 0.105. The number of hydrogen-bond acceptors (Lipinski definition) is 2. The van der Waals surface area contributed by atoms with Crippen molar-refractivity contribution in [2.45, 2.75) is 13.8 Å². The number of rotatable bonds is 3. The highest BCUT2D eigenvalue weighted by Crippen LogP contribution is 2.32. The Labute approximate surface area is 124 Å². The summed E-state index contributed by atoms with van der Waals surface area (Å²) < 4.78 is 5.85. The van der Waals surface area contributed by atoms with Crippen molar-refractivity contribution < 1.29 is 9.21 Å². The van der Waals surface area contributed by atoms with E-state index in [1.165, 1.54) is 0 Å². The molecule has 0 spiro atoms. The highest BCUT2D eigenvalue weighted by molar-refractivity contribution is 6.13. The summed E-state index contributed by atoms with van der Waals surface area (Å²) >= 11 is 0. The van der Waals surface area contributed by atoms with Crippen LogP contribution in [0.3, 0.4) is 0 Å². The molecule has 1 heterocycles. The lowest BCUT2D eigenvalue weighted by Gasteiger charge is -2.04. The number of benzene rings is 2. The molecule has 1 aromatic heterocycles. The van der Waals surface area contributed by atoms with Crippen molar-refractivity contribution in [2.24, 2.45) is 0 Å². The maximum atomic E-state index is 12.8. The van der Waals surface area contributed by atoms with Crippen LogP contribution >= 0.6 is 0 Å². The average Bonchev–Trinajstić information content (AvgIpc) is 2.84. The molecular formula is C19H16O2. The van der Waals surface area contributed by atoms with Crippen molar-refractivity contribution in [3.8, 4) is 11.3 Å². The molecule has 0 saturated carbocycles. The molecule has 0 aliphatic carbocycles. The molecule has 104 valence electrons. The van der Waals surface area contributed by atoms with Crippen LogP contribution in [0.2, 0.25) is 0 Å². The van der Waals surface area contributed by atoms with Gasteiger partial charge in [-0.05, 0) is 13.8 Å². The normalized spacial score (nSPS) is 10.6. The average molecular weight is 276 g/mol. The largest absolute Gasteiger partial charge is 0.460 e. The van der Waals surface area contributed by atoms with Gasteiger partial charge in [0, 0.05) is 16.7 Å². The Morgan fingerprint density at radius 2 is 1.43 bits per heavy atom. The Morgan fingerprint density at radius 1 is 0.857 bits per heavy atom. The van der Waals surface area contributed by atoms with Gasteiger partial charge in [-0.25, -0.2) is 0 Å². The standard InChI is InChI=1S/C19H16O2/c1-13-14(2)21-19(16-11-7-4-8-12-16)17(13)18(20)15-9-5-3-6-10-15/h3-12H,1-2H3. The van der Waals surface area contributed by atoms with E-state index in [4.69, 9.17) is 4.42 Å². The van der Waals surface area contributed by atoms with Gasteiger partial charge in [0.15, 0.2) is 5.78 Å². The molecule has 0 bridgehead atoms. The van der Waals surface area contributed by atoms with Crippen molar-refractivity contribution >= 4 is 5.78 Å². The fourth-order valence-electron chi connectivity index (χ4n) is 2.43. The van der Waals surface area contributed by atoms with Crippen LogP contribution < -0.4 is 0 Å². The third-order valence-corrected chi connectivity index (χ3v) is 3.68. The molecule has 0 amide bonds. The second-order valence-electron chi connectivity index (χ2n) is 5.05. The lowest BCUT2D eigenvalue weighted by Crippen LogP contribution is -2.03. The van der Waals surface area contributed by atoms with Crippen molar-refractivity contribution in [1.29, 1.82) is 0 Å². The Kier molecular flexibility index (Phi) is 3.44. The van der Waals surface area contributed by atoms with Crippen molar-refractivity contribution in [2.75, 3.05) is 0 Å². The first-order chi connectivity index (χ1) is 10.2. The minimum absolute atomic E-state index is 0.00352. The van der Waals surface area contributed by atoms with Crippen LogP contribution in [0.1, 0.15) is 27.2 Å². The van der Waals surface area contributed by atoms with E-state index in [1.54, 1.807) is 0 Å². The fourth-order valence-corrected chi connectivity index (χ4v) is 2.43. The molecule has 0 fully saturated rings. The van der Waals surface area contributed by atoms with Gasteiger partial charge in [0.2, 0.25) is 0 Å². The second-order valence-corrected chi connectivity index (χ2v) is 5.05. The van der Waals surface area contributed by atoms with Crippen LogP contribution in [-0.4, -0.2) is 5.78 Å². The summed E-state index contributed by atoms with van der Waals surface area (Å²) in [5, 5.41) is 0. The zero-order chi connectivity index (χ0) is 14.8. The SMILES string of the molecule is Cc1oc(-c2ccccc2)c(C(=O)c2ccccc2)c1C. The topological polar surface area (TPSA) is 30.2 Å². The Hall–Kier alpha value is -2.61. The number of carbonyl (C=O) groups excluding carboxylic acids is 1. The molecule has 0 unspecified atom stereocenters. The maximum Gasteiger partial charge on any atom is 0.197 e. The summed E-state index contributed by atoms with van der Waals surface area (Å²) in [5.41, 5.74) is 3.17. The predicted molar refractivity (Wildman–Crippen MR) is 83.5 cm³/mol. The number of ketones is 1. The zero-order valence-electron chi connectivity index (χ0n) is 12.1. The van der Waals surface area contributed by atoms with Gasteiger partial charge in [0.25, 0.3) is 0 Å². The van der Waals surface area contributed by atoms with E-state index in [-0.39, 0.29) is 5.78 Å². The summed E-state index contributed by atoms with van der Waals surface area (Å²) in [6.07, 6.45) is 0. The molecule has 0 N–H and O–H groups in total. The van der Waals surface area contributed by atoms with Crippen LogP contribution in [0.15, 0.2) is 65.1 Å². The van der Waals surface area contributed by atoms with E-state index < -0.39 is 0 Å². The van der Waals surface area contributed by atoms with Crippen molar-refractivity contribution in [1.82, 2.24) is 0 Å². The van der Waals surface area contributed by atoms with E-state index in [0.29, 0.717) is 16.9 Å². The van der Waals surface area contributed by atoms with E-state index >= 15 is 0 Å². The number of carbonyl (C=O) groups is 1. The first kappa shape index (κ1) is 13.4. The third kappa shape index (κ3) is 2.40. The van der Waals surface area contributed by atoms with E-state index in [9.17, 15) is 4.79 Å². The molecule has 3 rings (SSSR count). The molecule has 0 radical (unpaired) electrons. The summed E-state index contributed by atoms with van der Waals surface area (Å²) in [6, 6.07) is 19.1. The Bertz CT molecular complexity index is 768. The van der Waals surface area contributed by atoms with Gasteiger partial charge in [-0.2, -0.15) is 0 Å². The zero-order valence-corrected chi connectivity index (χ0v) is 12.1. The van der Waals surface area contributed by atoms with Gasteiger partial charge in [-0.15, -0.1) is 0 Å². The van der Waals surface area contributed by atoms with E-state index in [1.807, 2.05) is 74.5 Å². The Morgan fingerprint density at radius 3 is 2.05 bits per heavy atom. The van der Waals surface area contributed by atoms with E-state index in [0.717, 1.165) is 16.9 Å². The molecule has 0 aliphatic rings. The van der Waals surface area contributed by atoms with Gasteiger partial charge < -0.3 is 4.42 Å². The van der Waals surface area contributed by atoms with Crippen LogP contribution in [0, 0.1) is 13.8 Å². The summed E-state index contributed by atoms with van der Waals surface area (Å²) in [4.78, 5) is 12.8. The minimum Gasteiger partial charge on any atom is -0.460 e. The minimum atomic E-state index is 0.00352. The molecule has 2 aromatic carbocycles. The molecule has 21 heavy (non-hydrogen) atoms. The van der Waals surface area contributed by atoms with Crippen LogP contribution in [0.5, 0.6) is 0 Å². The van der Waals surface area contributed by atoms with Gasteiger partial charge in [0.1, 0.15) is 11.5 Å². The van der Waals surface area contributed by atoms with Crippen molar-refractivity contribution in [3.05, 3.63) is 83.1 Å². The van der Waals surface area contributed by atoms with Gasteiger partial charge in [0.05, 0.1) is 5.56 Å². The Balaban J connectivity index is 2.17. The highest BCUT2D eigenvalue weighted by Gasteiger charge is 2.23. The molecule has 0 aliphatic heterocycles. The summed E-state index contributed by atoms with van der Waals surface area (Å²) in [7, 11) is 0. The second kappa shape index (κ2) is 5.41. The molecule has 0 atom stereocenters. The summed E-state index contributed by atoms with van der Waals surface area (Å²) in [6.45, 7) is 3.82. The number of furan rings is 1. The monoisotopic (exact) mass is 276 g/mol. The first-order valence-electron chi connectivity index (χ1n) is 6.93. The van der Waals surface area contributed by atoms with Crippen LogP contribution in [0.4, 0.5) is 0 Å². The van der Waals surface area contributed by atoms with Gasteiger partial charge in [-0.3, -0.25) is 4.79 Å². The molecule has 0 saturated heterocycles. The van der Waals surface area contributed by atoms with Gasteiger partial charge >= 0.3 is 0 Å². The number of hydrogen-bond donors (Lipinski definition) is 0. The van der Waals surface area contributed by atoms with Crippen LogP contribution in [0.25, 0.3) is 11.3 Å². The predicted octanol–water partition coefficient (Wildman–Crippen LogP) is 4.79. The number of aryl methyl sites for hydroxylation is 1. The quantitative estimate of drug-likeness (QED) is 0.643. The van der Waals surface area contributed by atoms with Crippen molar-refractivity contribution in [3.63, 3.8) is 0 Å². The van der Waals surface area contributed by atoms with E-state index in [2.05, 4.69) is 0 Å². The van der Waals surface area contributed by atoms with Crippen LogP contribution in [-0.2, 0) is 0 Å². The lowest BCUT2D eigenvalue weighted by atomic mass is 9.97. The first-order valence-corrected chi connectivity index (χ1v) is 6.93. The third-order valence-electron chi connectivity index (χ3n) is 3.68. The lowest BCUT2D eigenvalue weighted by molar-refractivity contribution is 0.103. The highest BCUT2D eigenvalue weighted by atomic mass is 16.3. The molecule has 3 aromatic rings. The molecular weight excluding hydrogens is 260 g/mol. The molecule has 2 heteroatoms. The molecule has 2 nitrogen and oxygen atoms in total.